The Kier molecular flexibility index (Phi) is 6.41. The minimum Gasteiger partial charge on any atom is -0.493 e. The number of amides is 2. The number of hydrogen-bond donors (Lipinski definition) is 2. The van der Waals surface area contributed by atoms with E-state index in [0.29, 0.717) is 0 Å². The van der Waals surface area contributed by atoms with Gasteiger partial charge in [-0.05, 0) is 36.8 Å². The molecule has 2 rings (SSSR count). The van der Waals surface area contributed by atoms with Crippen LogP contribution in [0.2, 0.25) is 5.02 Å². The number of methoxy groups -OCH3 is 1. The van der Waals surface area contributed by atoms with Crippen LogP contribution in [0.25, 0.3) is 0 Å². The van der Waals surface area contributed by atoms with Gasteiger partial charge in [0.2, 0.25) is 0 Å². The smallest absolute Gasteiger partial charge is 0.255 e. The Balaban J connectivity index is 2.19. The van der Waals surface area contributed by atoms with Crippen molar-refractivity contribution in [3.63, 3.8) is 0 Å². The zero-order chi connectivity index (χ0) is 19.3. The van der Waals surface area contributed by atoms with Crippen LogP contribution in [-0.4, -0.2) is 25.5 Å². The number of hydrogen-bond acceptors (Lipinski definition) is 4. The first-order valence-corrected chi connectivity index (χ1v) is 8.04. The van der Waals surface area contributed by atoms with Crippen molar-refractivity contribution in [3.05, 3.63) is 58.4 Å². The third kappa shape index (κ3) is 4.86. The monoisotopic (exact) mass is 380 g/mol. The molecule has 1 atom stereocenters. The van der Waals surface area contributed by atoms with E-state index < -0.39 is 11.8 Å². The van der Waals surface area contributed by atoms with Gasteiger partial charge >= 0.3 is 0 Å². The molecule has 0 bridgehead atoms. The summed E-state index contributed by atoms with van der Waals surface area (Å²) in [5.74, 6) is -1.11. The Hall–Kier alpha value is -2.80. The van der Waals surface area contributed by atoms with E-state index in [1.54, 1.807) is 19.1 Å². The highest BCUT2D eigenvalue weighted by atomic mass is 35.5. The lowest BCUT2D eigenvalue weighted by atomic mass is 10.1. The predicted molar refractivity (Wildman–Crippen MR) is 95.0 cm³/mol. The minimum absolute atomic E-state index is 0.102. The third-order valence-corrected chi connectivity index (χ3v) is 3.85. The molecule has 2 aromatic carbocycles. The topological polar surface area (TPSA) is 90.7 Å². The van der Waals surface area contributed by atoms with Crippen LogP contribution in [0.15, 0.2) is 36.4 Å². The first-order chi connectivity index (χ1) is 12.3. The van der Waals surface area contributed by atoms with E-state index in [2.05, 4.69) is 5.32 Å². The lowest BCUT2D eigenvalue weighted by molar-refractivity contribution is -0.119. The Bertz CT molecular complexity index is 812. The first-order valence-electron chi connectivity index (χ1n) is 7.66. The largest absolute Gasteiger partial charge is 0.493 e. The summed E-state index contributed by atoms with van der Waals surface area (Å²) < 4.78 is 23.4. The molecule has 26 heavy (non-hydrogen) atoms. The van der Waals surface area contributed by atoms with Crippen LogP contribution < -0.4 is 20.5 Å². The Labute approximate surface area is 155 Å². The maximum absolute atomic E-state index is 13.0. The summed E-state index contributed by atoms with van der Waals surface area (Å²) in [5, 5.41) is 2.89. The molecule has 0 saturated carbocycles. The van der Waals surface area contributed by atoms with Crippen LogP contribution in [0.4, 0.5) is 4.39 Å². The Morgan fingerprint density at radius 1 is 1.27 bits per heavy atom. The number of carbonyl (C=O) groups excluding carboxylic acids is 2. The van der Waals surface area contributed by atoms with E-state index in [-0.39, 0.29) is 40.6 Å². The van der Waals surface area contributed by atoms with Gasteiger partial charge in [-0.3, -0.25) is 9.59 Å². The molecule has 0 radical (unpaired) electrons. The SMILES string of the molecule is COc1cc(C(=O)N[C@H](C)c2ccc(F)cc2)cc(Cl)c1OCC(N)=O. The standard InChI is InChI=1S/C18H18ClFN2O4/c1-10(11-3-5-13(20)6-4-11)22-18(24)12-7-14(19)17(15(8-12)25-2)26-9-16(21)23/h3-8,10H,9H2,1-2H3,(H2,21,23)(H,22,24)/t10-/m1/s1. The zero-order valence-corrected chi connectivity index (χ0v) is 15.0. The summed E-state index contributed by atoms with van der Waals surface area (Å²) in [4.78, 5) is 23.3. The van der Waals surface area contributed by atoms with Crippen molar-refractivity contribution in [2.75, 3.05) is 13.7 Å². The summed E-state index contributed by atoms with van der Waals surface area (Å²) in [6.07, 6.45) is 0. The van der Waals surface area contributed by atoms with E-state index in [1.807, 2.05) is 0 Å². The van der Waals surface area contributed by atoms with Crippen molar-refractivity contribution in [3.8, 4) is 11.5 Å². The molecule has 138 valence electrons. The minimum atomic E-state index is -0.668. The second-order valence-corrected chi connectivity index (χ2v) is 5.90. The number of ether oxygens (including phenoxy) is 2. The summed E-state index contributed by atoms with van der Waals surface area (Å²) in [6.45, 7) is 1.40. The van der Waals surface area contributed by atoms with Gasteiger partial charge in [0.05, 0.1) is 18.2 Å². The molecule has 0 fully saturated rings. The molecule has 2 amide bonds. The van der Waals surface area contributed by atoms with Gasteiger partial charge < -0.3 is 20.5 Å². The van der Waals surface area contributed by atoms with Crippen molar-refractivity contribution in [1.82, 2.24) is 5.32 Å². The van der Waals surface area contributed by atoms with Crippen LogP contribution in [0, 0.1) is 5.82 Å². The zero-order valence-electron chi connectivity index (χ0n) is 14.2. The number of rotatable bonds is 7. The molecule has 0 aliphatic heterocycles. The third-order valence-electron chi connectivity index (χ3n) is 3.57. The molecule has 2 aromatic rings. The van der Waals surface area contributed by atoms with Gasteiger partial charge in [-0.1, -0.05) is 23.7 Å². The number of carbonyl (C=O) groups is 2. The predicted octanol–water partition coefficient (Wildman–Crippen LogP) is 2.84. The molecule has 0 spiro atoms. The molecule has 0 aliphatic carbocycles. The van der Waals surface area contributed by atoms with Gasteiger partial charge in [0.1, 0.15) is 5.82 Å². The van der Waals surface area contributed by atoms with Gasteiger partial charge in [0.25, 0.3) is 11.8 Å². The van der Waals surface area contributed by atoms with Crippen LogP contribution in [0.1, 0.15) is 28.9 Å². The number of benzene rings is 2. The molecule has 0 unspecified atom stereocenters. The summed E-state index contributed by atoms with van der Waals surface area (Å²) >= 11 is 6.13. The van der Waals surface area contributed by atoms with E-state index in [0.717, 1.165) is 5.56 Å². The van der Waals surface area contributed by atoms with E-state index in [1.165, 1.54) is 31.4 Å². The maximum atomic E-state index is 13.0. The molecular weight excluding hydrogens is 363 g/mol. The fourth-order valence-electron chi connectivity index (χ4n) is 2.25. The van der Waals surface area contributed by atoms with Crippen molar-refractivity contribution in [2.45, 2.75) is 13.0 Å². The van der Waals surface area contributed by atoms with Crippen molar-refractivity contribution in [1.29, 1.82) is 0 Å². The van der Waals surface area contributed by atoms with Crippen molar-refractivity contribution < 1.29 is 23.5 Å². The van der Waals surface area contributed by atoms with Crippen LogP contribution in [-0.2, 0) is 4.79 Å². The van der Waals surface area contributed by atoms with E-state index in [4.69, 9.17) is 26.8 Å². The van der Waals surface area contributed by atoms with Crippen LogP contribution >= 0.6 is 11.6 Å². The number of halogens is 2. The molecule has 0 heterocycles. The molecule has 0 aliphatic rings. The maximum Gasteiger partial charge on any atom is 0.255 e. The van der Waals surface area contributed by atoms with Gasteiger partial charge in [-0.2, -0.15) is 0 Å². The molecule has 0 saturated heterocycles. The van der Waals surface area contributed by atoms with E-state index in [9.17, 15) is 14.0 Å². The normalized spacial score (nSPS) is 11.5. The van der Waals surface area contributed by atoms with Crippen LogP contribution in [0.5, 0.6) is 11.5 Å². The molecule has 3 N–H and O–H groups in total. The average Bonchev–Trinajstić information content (AvgIpc) is 2.60. The van der Waals surface area contributed by atoms with Gasteiger partial charge in [0.15, 0.2) is 18.1 Å². The lowest BCUT2D eigenvalue weighted by Gasteiger charge is -2.16. The first kappa shape index (κ1) is 19.5. The number of nitrogens with two attached hydrogens (primary N) is 1. The Morgan fingerprint density at radius 3 is 2.50 bits per heavy atom. The number of nitrogens with one attached hydrogen (secondary N) is 1. The average molecular weight is 381 g/mol. The van der Waals surface area contributed by atoms with Gasteiger partial charge in [-0.25, -0.2) is 4.39 Å². The summed E-state index contributed by atoms with van der Waals surface area (Å²) in [5.41, 5.74) is 6.04. The second-order valence-electron chi connectivity index (χ2n) is 5.49. The van der Waals surface area contributed by atoms with Gasteiger partial charge in [0, 0.05) is 5.56 Å². The quantitative estimate of drug-likeness (QED) is 0.772. The van der Waals surface area contributed by atoms with Crippen molar-refractivity contribution >= 4 is 23.4 Å². The van der Waals surface area contributed by atoms with Crippen molar-refractivity contribution in [2.24, 2.45) is 5.73 Å². The van der Waals surface area contributed by atoms with Crippen LogP contribution in [0.3, 0.4) is 0 Å². The molecule has 0 aromatic heterocycles. The molecule has 8 heteroatoms. The van der Waals surface area contributed by atoms with E-state index >= 15 is 0 Å². The highest BCUT2D eigenvalue weighted by Crippen LogP contribution is 2.36. The highest BCUT2D eigenvalue weighted by Gasteiger charge is 2.18. The number of primary amides is 1. The molecule has 6 nitrogen and oxygen atoms in total. The second kappa shape index (κ2) is 8.53. The summed E-state index contributed by atoms with van der Waals surface area (Å²) in [7, 11) is 1.38. The fraction of sp³-hybridized carbons (Fsp3) is 0.222. The highest BCUT2D eigenvalue weighted by molar-refractivity contribution is 6.32. The lowest BCUT2D eigenvalue weighted by Crippen LogP contribution is -2.26. The molecular formula is C18H18ClFN2O4. The Morgan fingerprint density at radius 2 is 1.92 bits per heavy atom. The summed E-state index contributed by atoms with van der Waals surface area (Å²) in [6, 6.07) is 8.31. The fourth-order valence-corrected chi connectivity index (χ4v) is 2.51. The van der Waals surface area contributed by atoms with Gasteiger partial charge in [-0.15, -0.1) is 0 Å².